The van der Waals surface area contributed by atoms with Gasteiger partial charge in [0.1, 0.15) is 11.6 Å². The molecule has 5 heteroatoms. The van der Waals surface area contributed by atoms with Crippen molar-refractivity contribution in [1.82, 2.24) is 10.3 Å². The zero-order chi connectivity index (χ0) is 17.6. The summed E-state index contributed by atoms with van der Waals surface area (Å²) in [4.78, 5) is 16.2. The first-order chi connectivity index (χ1) is 12.1. The van der Waals surface area contributed by atoms with Gasteiger partial charge in [0.2, 0.25) is 5.91 Å². The van der Waals surface area contributed by atoms with Gasteiger partial charge in [-0.15, -0.1) is 0 Å². The van der Waals surface area contributed by atoms with Crippen molar-refractivity contribution < 1.29 is 13.6 Å². The third kappa shape index (κ3) is 4.26. The number of aromatic nitrogens is 1. The van der Waals surface area contributed by atoms with Gasteiger partial charge in [0.05, 0.1) is 6.42 Å². The van der Waals surface area contributed by atoms with Gasteiger partial charge < -0.3 is 5.32 Å². The molecule has 1 N–H and O–H groups in total. The predicted molar refractivity (Wildman–Crippen MR) is 91.6 cm³/mol. The molecule has 0 saturated carbocycles. The standard InChI is InChI=1S/C20H16F2N2O/c21-17-8-7-14(19(22)11-17)10-20(25)24-13-16-4-1-2-6-18(16)15-5-3-9-23-12-15/h1-9,11-12H,10,13H2,(H,24,25). The van der Waals surface area contributed by atoms with Crippen LogP contribution in [0.5, 0.6) is 0 Å². The fourth-order valence-electron chi connectivity index (χ4n) is 2.57. The first kappa shape index (κ1) is 16.8. The molecule has 0 spiro atoms. The van der Waals surface area contributed by atoms with Crippen LogP contribution in [0.1, 0.15) is 11.1 Å². The zero-order valence-corrected chi connectivity index (χ0v) is 13.4. The van der Waals surface area contributed by atoms with Gasteiger partial charge in [0.25, 0.3) is 0 Å². The van der Waals surface area contributed by atoms with Crippen LogP contribution in [0.25, 0.3) is 11.1 Å². The van der Waals surface area contributed by atoms with Crippen LogP contribution in [-0.4, -0.2) is 10.9 Å². The summed E-state index contributed by atoms with van der Waals surface area (Å²) in [6.07, 6.45) is 3.32. The Morgan fingerprint density at radius 1 is 1.00 bits per heavy atom. The highest BCUT2D eigenvalue weighted by Crippen LogP contribution is 2.22. The molecule has 0 aliphatic carbocycles. The topological polar surface area (TPSA) is 42.0 Å². The van der Waals surface area contributed by atoms with Crippen molar-refractivity contribution >= 4 is 5.91 Å². The van der Waals surface area contributed by atoms with Gasteiger partial charge in [-0.25, -0.2) is 8.78 Å². The summed E-state index contributed by atoms with van der Waals surface area (Å²) in [5, 5.41) is 2.78. The number of benzene rings is 2. The molecule has 25 heavy (non-hydrogen) atoms. The molecule has 0 radical (unpaired) electrons. The van der Waals surface area contributed by atoms with E-state index in [1.165, 1.54) is 6.07 Å². The maximum absolute atomic E-state index is 13.6. The lowest BCUT2D eigenvalue weighted by Crippen LogP contribution is -2.25. The second-order valence-corrected chi connectivity index (χ2v) is 5.59. The minimum absolute atomic E-state index is 0.138. The number of amides is 1. The van der Waals surface area contributed by atoms with E-state index in [2.05, 4.69) is 10.3 Å². The van der Waals surface area contributed by atoms with Crippen LogP contribution in [0.2, 0.25) is 0 Å². The summed E-state index contributed by atoms with van der Waals surface area (Å²) in [7, 11) is 0. The molecule has 1 amide bonds. The Balaban J connectivity index is 1.69. The Morgan fingerprint density at radius 2 is 1.84 bits per heavy atom. The number of halogens is 2. The molecule has 126 valence electrons. The van der Waals surface area contributed by atoms with E-state index >= 15 is 0 Å². The molecule has 0 saturated heterocycles. The lowest BCUT2D eigenvalue weighted by atomic mass is 10.0. The summed E-state index contributed by atoms with van der Waals surface area (Å²) in [6.45, 7) is 0.312. The minimum Gasteiger partial charge on any atom is -0.352 e. The van der Waals surface area contributed by atoms with Gasteiger partial charge in [0, 0.05) is 30.6 Å². The number of hydrogen-bond acceptors (Lipinski definition) is 2. The molecule has 3 nitrogen and oxygen atoms in total. The number of pyridine rings is 1. The predicted octanol–water partition coefficient (Wildman–Crippen LogP) is 3.89. The highest BCUT2D eigenvalue weighted by atomic mass is 19.1. The maximum Gasteiger partial charge on any atom is 0.224 e. The Morgan fingerprint density at radius 3 is 2.60 bits per heavy atom. The highest BCUT2D eigenvalue weighted by Gasteiger charge is 2.10. The maximum atomic E-state index is 13.6. The number of hydrogen-bond donors (Lipinski definition) is 1. The van der Waals surface area contributed by atoms with Crippen LogP contribution in [-0.2, 0) is 17.8 Å². The third-order valence-corrected chi connectivity index (χ3v) is 3.83. The summed E-state index contributed by atoms with van der Waals surface area (Å²) >= 11 is 0. The molecular weight excluding hydrogens is 322 g/mol. The molecule has 0 aliphatic heterocycles. The highest BCUT2D eigenvalue weighted by molar-refractivity contribution is 5.79. The summed E-state index contributed by atoms with van der Waals surface area (Å²) in [6, 6.07) is 14.7. The van der Waals surface area contributed by atoms with E-state index in [-0.39, 0.29) is 17.9 Å². The van der Waals surface area contributed by atoms with Crippen LogP contribution < -0.4 is 5.32 Å². The quantitative estimate of drug-likeness (QED) is 0.767. The van der Waals surface area contributed by atoms with Gasteiger partial charge in [0.15, 0.2) is 0 Å². The minimum atomic E-state index is -0.717. The number of rotatable bonds is 5. The zero-order valence-electron chi connectivity index (χ0n) is 13.4. The number of nitrogens with zero attached hydrogens (tertiary/aromatic N) is 1. The van der Waals surface area contributed by atoms with Crippen molar-refractivity contribution in [2.24, 2.45) is 0 Å². The number of carbonyl (C=O) groups excluding carboxylic acids is 1. The smallest absolute Gasteiger partial charge is 0.224 e. The summed E-state index contributed by atoms with van der Waals surface area (Å²) < 4.78 is 26.5. The van der Waals surface area contributed by atoms with Crippen LogP contribution in [0.15, 0.2) is 67.0 Å². The summed E-state index contributed by atoms with van der Waals surface area (Å²) in [5.41, 5.74) is 3.03. The van der Waals surface area contributed by atoms with E-state index in [9.17, 15) is 13.6 Å². The molecule has 0 aliphatic rings. The van der Waals surface area contributed by atoms with E-state index in [1.807, 2.05) is 36.4 Å². The molecule has 0 atom stereocenters. The van der Waals surface area contributed by atoms with Crippen LogP contribution in [0.3, 0.4) is 0 Å². The molecule has 3 rings (SSSR count). The van der Waals surface area contributed by atoms with Gasteiger partial charge in [-0.3, -0.25) is 9.78 Å². The Hall–Kier alpha value is -3.08. The van der Waals surface area contributed by atoms with Crippen molar-refractivity contribution in [3.8, 4) is 11.1 Å². The van der Waals surface area contributed by atoms with Crippen molar-refractivity contribution in [2.45, 2.75) is 13.0 Å². The summed E-state index contributed by atoms with van der Waals surface area (Å²) in [5.74, 6) is -1.70. The van der Waals surface area contributed by atoms with E-state index < -0.39 is 11.6 Å². The molecule has 0 unspecified atom stereocenters. The fraction of sp³-hybridized carbons (Fsp3) is 0.100. The first-order valence-electron chi connectivity index (χ1n) is 7.82. The molecule has 2 aromatic carbocycles. The van der Waals surface area contributed by atoms with E-state index in [1.54, 1.807) is 12.4 Å². The Bertz CT molecular complexity index is 882. The third-order valence-electron chi connectivity index (χ3n) is 3.83. The van der Waals surface area contributed by atoms with Crippen LogP contribution in [0, 0.1) is 11.6 Å². The Labute approximate surface area is 144 Å². The van der Waals surface area contributed by atoms with E-state index in [0.29, 0.717) is 6.54 Å². The fourth-order valence-corrected chi connectivity index (χ4v) is 2.57. The van der Waals surface area contributed by atoms with Crippen LogP contribution >= 0.6 is 0 Å². The van der Waals surface area contributed by atoms with Gasteiger partial charge in [-0.2, -0.15) is 0 Å². The van der Waals surface area contributed by atoms with E-state index in [4.69, 9.17) is 0 Å². The monoisotopic (exact) mass is 338 g/mol. The van der Waals surface area contributed by atoms with Gasteiger partial charge >= 0.3 is 0 Å². The molecular formula is C20H16F2N2O. The van der Waals surface area contributed by atoms with Crippen molar-refractivity contribution in [1.29, 1.82) is 0 Å². The van der Waals surface area contributed by atoms with Crippen molar-refractivity contribution in [3.63, 3.8) is 0 Å². The second kappa shape index (κ2) is 7.66. The SMILES string of the molecule is O=C(Cc1ccc(F)cc1F)NCc1ccccc1-c1cccnc1. The lowest BCUT2D eigenvalue weighted by molar-refractivity contribution is -0.120. The molecule has 0 bridgehead atoms. The van der Waals surface area contributed by atoms with Crippen molar-refractivity contribution in [2.75, 3.05) is 0 Å². The average molecular weight is 338 g/mol. The molecule has 1 heterocycles. The van der Waals surface area contributed by atoms with Crippen LogP contribution in [0.4, 0.5) is 8.78 Å². The van der Waals surface area contributed by atoms with Crippen molar-refractivity contribution in [3.05, 3.63) is 89.8 Å². The largest absolute Gasteiger partial charge is 0.352 e. The van der Waals surface area contributed by atoms with Gasteiger partial charge in [-0.1, -0.05) is 36.4 Å². The Kier molecular flexibility index (Phi) is 5.14. The molecule has 0 fully saturated rings. The number of nitrogens with one attached hydrogen (secondary N) is 1. The molecule has 1 aromatic heterocycles. The van der Waals surface area contributed by atoms with Gasteiger partial charge in [-0.05, 0) is 28.8 Å². The first-order valence-corrected chi connectivity index (χ1v) is 7.82. The molecule has 3 aromatic rings. The lowest BCUT2D eigenvalue weighted by Gasteiger charge is -2.11. The average Bonchev–Trinajstić information content (AvgIpc) is 2.63. The second-order valence-electron chi connectivity index (χ2n) is 5.59. The van der Waals surface area contributed by atoms with E-state index in [0.717, 1.165) is 28.8 Å². The normalized spacial score (nSPS) is 10.5. The number of carbonyl (C=O) groups is 1.